The van der Waals surface area contributed by atoms with Crippen LogP contribution in [0.2, 0.25) is 0 Å². The molecule has 3 aromatic rings. The zero-order chi connectivity index (χ0) is 18.1. The van der Waals surface area contributed by atoms with Crippen LogP contribution in [-0.2, 0) is 4.79 Å². The van der Waals surface area contributed by atoms with Crippen molar-refractivity contribution in [3.05, 3.63) is 83.6 Å². The molecule has 4 nitrogen and oxygen atoms in total. The summed E-state index contributed by atoms with van der Waals surface area (Å²) in [6, 6.07) is 22.5. The van der Waals surface area contributed by atoms with Crippen LogP contribution in [0.25, 0.3) is 11.1 Å². The highest BCUT2D eigenvalue weighted by molar-refractivity contribution is 5.91. The van der Waals surface area contributed by atoms with E-state index in [1.54, 1.807) is 0 Å². The van der Waals surface area contributed by atoms with Gasteiger partial charge in [0.1, 0.15) is 5.82 Å². The smallest absolute Gasteiger partial charge is 0.239 e. The van der Waals surface area contributed by atoms with E-state index < -0.39 is 0 Å². The van der Waals surface area contributed by atoms with Crippen LogP contribution in [-0.4, -0.2) is 29.4 Å². The summed E-state index contributed by atoms with van der Waals surface area (Å²) in [5.41, 5.74) is 5.88. The molecule has 130 valence electrons. The molecule has 0 radical (unpaired) electrons. The van der Waals surface area contributed by atoms with Crippen molar-refractivity contribution < 1.29 is 4.79 Å². The molecule has 0 bridgehead atoms. The van der Waals surface area contributed by atoms with Gasteiger partial charge in [0.2, 0.25) is 5.91 Å². The van der Waals surface area contributed by atoms with Crippen LogP contribution in [0.4, 0.5) is 5.82 Å². The van der Waals surface area contributed by atoms with Crippen molar-refractivity contribution in [2.75, 3.05) is 18.9 Å². The van der Waals surface area contributed by atoms with Gasteiger partial charge in [0, 0.05) is 5.69 Å². The van der Waals surface area contributed by atoms with Crippen LogP contribution >= 0.6 is 0 Å². The number of carbonyl (C=O) groups excluding carboxylic acids is 1. The molecule has 0 aliphatic heterocycles. The summed E-state index contributed by atoms with van der Waals surface area (Å²) in [7, 11) is 1.99. The van der Waals surface area contributed by atoms with E-state index in [1.165, 1.54) is 22.3 Å². The number of benzene rings is 2. The Morgan fingerprint density at radius 2 is 1.58 bits per heavy atom. The molecule has 0 fully saturated rings. The van der Waals surface area contributed by atoms with Crippen molar-refractivity contribution in [1.29, 1.82) is 0 Å². The van der Waals surface area contributed by atoms with Gasteiger partial charge in [0.05, 0.1) is 12.6 Å². The second-order valence-corrected chi connectivity index (χ2v) is 6.70. The van der Waals surface area contributed by atoms with E-state index in [-0.39, 0.29) is 11.9 Å². The van der Waals surface area contributed by atoms with E-state index in [0.29, 0.717) is 12.4 Å². The summed E-state index contributed by atoms with van der Waals surface area (Å²) < 4.78 is 0. The number of amides is 1. The normalized spacial score (nSPS) is 12.7. The number of rotatable bonds is 4. The van der Waals surface area contributed by atoms with Crippen LogP contribution in [0.5, 0.6) is 0 Å². The summed E-state index contributed by atoms with van der Waals surface area (Å²) >= 11 is 0. The van der Waals surface area contributed by atoms with Gasteiger partial charge in [-0.1, -0.05) is 54.6 Å². The van der Waals surface area contributed by atoms with Gasteiger partial charge in [-0.3, -0.25) is 9.69 Å². The standard InChI is InChI=1S/C22H21N3O/c1-15-8-7-13-20(23-15)24-21(26)14-25(2)22-18-11-5-3-9-16(18)17-10-4-6-12-19(17)22/h3-13,22H,14H2,1-2H3,(H,23,24,26). The lowest BCUT2D eigenvalue weighted by molar-refractivity contribution is -0.117. The summed E-state index contributed by atoms with van der Waals surface area (Å²) in [5, 5.41) is 2.89. The topological polar surface area (TPSA) is 45.2 Å². The zero-order valence-electron chi connectivity index (χ0n) is 14.9. The number of hydrogen-bond donors (Lipinski definition) is 1. The van der Waals surface area contributed by atoms with E-state index in [9.17, 15) is 4.79 Å². The molecule has 4 heteroatoms. The number of likely N-dealkylation sites (N-methyl/N-ethyl adjacent to an activating group) is 1. The number of hydrogen-bond acceptors (Lipinski definition) is 3. The molecule has 0 saturated carbocycles. The van der Waals surface area contributed by atoms with Gasteiger partial charge in [0.25, 0.3) is 0 Å². The Morgan fingerprint density at radius 3 is 2.19 bits per heavy atom. The summed E-state index contributed by atoms with van der Waals surface area (Å²) in [6.07, 6.45) is 0. The largest absolute Gasteiger partial charge is 0.310 e. The molecule has 2 aromatic carbocycles. The minimum atomic E-state index is -0.0625. The summed E-state index contributed by atoms with van der Waals surface area (Å²) in [4.78, 5) is 19.0. The molecule has 1 aliphatic rings. The second-order valence-electron chi connectivity index (χ2n) is 6.70. The quantitative estimate of drug-likeness (QED) is 0.778. The SMILES string of the molecule is Cc1cccc(NC(=O)CN(C)C2c3ccccc3-c3ccccc32)n1. The van der Waals surface area contributed by atoms with E-state index in [2.05, 4.69) is 63.7 Å². The molecule has 0 saturated heterocycles. The lowest BCUT2D eigenvalue weighted by Gasteiger charge is -2.25. The molecule has 1 heterocycles. The van der Waals surface area contributed by atoms with Gasteiger partial charge < -0.3 is 5.32 Å². The highest BCUT2D eigenvalue weighted by Gasteiger charge is 2.31. The number of fused-ring (bicyclic) bond motifs is 3. The van der Waals surface area contributed by atoms with E-state index in [4.69, 9.17) is 0 Å². The molecule has 1 aliphatic carbocycles. The first-order chi connectivity index (χ1) is 12.6. The van der Waals surface area contributed by atoms with Gasteiger partial charge in [0.15, 0.2) is 0 Å². The first-order valence-corrected chi connectivity index (χ1v) is 8.75. The average Bonchev–Trinajstić information content (AvgIpc) is 2.96. The fourth-order valence-corrected chi connectivity index (χ4v) is 3.72. The van der Waals surface area contributed by atoms with Crippen LogP contribution in [0, 0.1) is 6.92 Å². The first kappa shape index (κ1) is 16.5. The van der Waals surface area contributed by atoms with Gasteiger partial charge >= 0.3 is 0 Å². The highest BCUT2D eigenvalue weighted by Crippen LogP contribution is 2.45. The minimum Gasteiger partial charge on any atom is -0.310 e. The Balaban J connectivity index is 1.56. The maximum Gasteiger partial charge on any atom is 0.239 e. The van der Waals surface area contributed by atoms with Crippen molar-refractivity contribution in [2.24, 2.45) is 0 Å². The number of aromatic nitrogens is 1. The molecular formula is C22H21N3O. The molecule has 1 aromatic heterocycles. The Morgan fingerprint density at radius 1 is 0.962 bits per heavy atom. The predicted molar refractivity (Wildman–Crippen MR) is 104 cm³/mol. The van der Waals surface area contributed by atoms with Crippen molar-refractivity contribution in [3.8, 4) is 11.1 Å². The highest BCUT2D eigenvalue weighted by atomic mass is 16.2. The van der Waals surface area contributed by atoms with Gasteiger partial charge in [-0.05, 0) is 48.4 Å². The Kier molecular flexibility index (Phi) is 4.27. The maximum absolute atomic E-state index is 12.5. The molecular weight excluding hydrogens is 322 g/mol. The third-order valence-electron chi connectivity index (χ3n) is 4.79. The van der Waals surface area contributed by atoms with E-state index in [1.807, 2.05) is 32.2 Å². The fraction of sp³-hybridized carbons (Fsp3) is 0.182. The van der Waals surface area contributed by atoms with Crippen molar-refractivity contribution >= 4 is 11.7 Å². The number of anilines is 1. The lowest BCUT2D eigenvalue weighted by Crippen LogP contribution is -2.33. The van der Waals surface area contributed by atoms with Crippen molar-refractivity contribution in [1.82, 2.24) is 9.88 Å². The monoisotopic (exact) mass is 343 g/mol. The Hall–Kier alpha value is -2.98. The molecule has 0 unspecified atom stereocenters. The third kappa shape index (κ3) is 3.00. The number of carbonyl (C=O) groups is 1. The van der Waals surface area contributed by atoms with E-state index in [0.717, 1.165) is 5.69 Å². The lowest BCUT2D eigenvalue weighted by atomic mass is 10.0. The molecule has 0 spiro atoms. The number of nitrogens with zero attached hydrogens (tertiary/aromatic N) is 2. The van der Waals surface area contributed by atoms with Crippen LogP contribution < -0.4 is 5.32 Å². The number of nitrogens with one attached hydrogen (secondary N) is 1. The Bertz CT molecular complexity index is 921. The molecule has 1 amide bonds. The van der Waals surface area contributed by atoms with Gasteiger partial charge in [-0.15, -0.1) is 0 Å². The summed E-state index contributed by atoms with van der Waals surface area (Å²) in [6.45, 7) is 2.21. The predicted octanol–water partition coefficient (Wildman–Crippen LogP) is 4.03. The van der Waals surface area contributed by atoms with Gasteiger partial charge in [-0.2, -0.15) is 0 Å². The third-order valence-corrected chi connectivity index (χ3v) is 4.79. The minimum absolute atomic E-state index is 0.0625. The van der Waals surface area contributed by atoms with Crippen molar-refractivity contribution in [2.45, 2.75) is 13.0 Å². The summed E-state index contributed by atoms with van der Waals surface area (Å²) in [5.74, 6) is 0.531. The molecule has 26 heavy (non-hydrogen) atoms. The van der Waals surface area contributed by atoms with Crippen LogP contribution in [0.1, 0.15) is 22.9 Å². The number of aryl methyl sites for hydroxylation is 1. The average molecular weight is 343 g/mol. The number of pyridine rings is 1. The van der Waals surface area contributed by atoms with Crippen LogP contribution in [0.3, 0.4) is 0 Å². The zero-order valence-corrected chi connectivity index (χ0v) is 14.9. The Labute approximate surface area is 153 Å². The molecule has 0 atom stereocenters. The van der Waals surface area contributed by atoms with Crippen molar-refractivity contribution in [3.63, 3.8) is 0 Å². The maximum atomic E-state index is 12.5. The second kappa shape index (κ2) is 6.73. The van der Waals surface area contributed by atoms with Crippen LogP contribution in [0.15, 0.2) is 66.7 Å². The van der Waals surface area contributed by atoms with E-state index >= 15 is 0 Å². The molecule has 4 rings (SSSR count). The molecule has 1 N–H and O–H groups in total. The van der Waals surface area contributed by atoms with Gasteiger partial charge in [-0.25, -0.2) is 4.98 Å². The fourth-order valence-electron chi connectivity index (χ4n) is 3.72. The first-order valence-electron chi connectivity index (χ1n) is 8.75.